The van der Waals surface area contributed by atoms with E-state index in [1.165, 1.54) is 12.1 Å². The van der Waals surface area contributed by atoms with E-state index >= 15 is 0 Å². The van der Waals surface area contributed by atoms with Crippen molar-refractivity contribution >= 4 is 21.7 Å². The summed E-state index contributed by atoms with van der Waals surface area (Å²) in [5, 5.41) is 6.14. The largest absolute Gasteiger partial charge is 0.416 e. The third kappa shape index (κ3) is 7.65. The van der Waals surface area contributed by atoms with Crippen LogP contribution in [0.2, 0.25) is 0 Å². The number of hydrogen-bond acceptors (Lipinski definition) is 3. The number of hydrogen-bond donors (Lipinski definition) is 3. The molecule has 0 saturated heterocycles. The van der Waals surface area contributed by atoms with Crippen LogP contribution in [-0.4, -0.2) is 27.2 Å². The van der Waals surface area contributed by atoms with Crippen molar-refractivity contribution in [1.82, 2.24) is 10.6 Å². The Bertz CT molecular complexity index is 943. The number of benzene rings is 2. The summed E-state index contributed by atoms with van der Waals surface area (Å²) in [5.41, 5.74) is 1.11. The van der Waals surface area contributed by atoms with E-state index < -0.39 is 21.8 Å². The molecule has 0 spiro atoms. The van der Waals surface area contributed by atoms with Gasteiger partial charge in [-0.05, 0) is 36.2 Å². The fraction of sp³-hybridized carbons (Fsp3) is 0.316. The Hall–Kier alpha value is -2.75. The molecule has 6 nitrogen and oxygen atoms in total. The van der Waals surface area contributed by atoms with Crippen LogP contribution in [-0.2, 0) is 29.3 Å². The Labute approximate surface area is 168 Å². The minimum absolute atomic E-state index is 0.191. The van der Waals surface area contributed by atoms with Gasteiger partial charge >= 0.3 is 6.18 Å². The molecule has 0 aliphatic heterocycles. The summed E-state index contributed by atoms with van der Waals surface area (Å²) in [4.78, 5) is 4.37. The lowest BCUT2D eigenvalue weighted by molar-refractivity contribution is -0.137. The van der Waals surface area contributed by atoms with Crippen LogP contribution in [0.15, 0.2) is 53.5 Å². The zero-order valence-electron chi connectivity index (χ0n) is 16.0. The van der Waals surface area contributed by atoms with Gasteiger partial charge in [0.2, 0.25) is 10.0 Å². The molecular weight excluding hydrogens is 405 g/mol. The summed E-state index contributed by atoms with van der Waals surface area (Å²) >= 11 is 0. The van der Waals surface area contributed by atoms with Crippen LogP contribution < -0.4 is 15.4 Å². The average molecular weight is 428 g/mol. The van der Waals surface area contributed by atoms with E-state index in [-0.39, 0.29) is 6.54 Å². The van der Waals surface area contributed by atoms with E-state index in [2.05, 4.69) is 20.3 Å². The zero-order valence-corrected chi connectivity index (χ0v) is 16.9. The Morgan fingerprint density at radius 2 is 1.69 bits per heavy atom. The number of nitrogens with one attached hydrogen (secondary N) is 3. The minimum Gasteiger partial charge on any atom is -0.357 e. The maximum absolute atomic E-state index is 12.6. The molecule has 0 atom stereocenters. The SMILES string of the molecule is CCNC(=NCc1ccc(C(F)(F)F)cc1)NCc1ccccc1NS(C)(=O)=O. The van der Waals surface area contributed by atoms with E-state index in [4.69, 9.17) is 0 Å². The van der Waals surface area contributed by atoms with Gasteiger partial charge in [0.1, 0.15) is 0 Å². The second-order valence-corrected chi connectivity index (χ2v) is 8.02. The van der Waals surface area contributed by atoms with Gasteiger partial charge in [-0.2, -0.15) is 13.2 Å². The van der Waals surface area contributed by atoms with Crippen molar-refractivity contribution in [2.24, 2.45) is 4.99 Å². The molecule has 29 heavy (non-hydrogen) atoms. The lowest BCUT2D eigenvalue weighted by atomic mass is 10.1. The molecule has 2 aromatic rings. The molecule has 10 heteroatoms. The first kappa shape index (κ1) is 22.5. The molecule has 3 N–H and O–H groups in total. The van der Waals surface area contributed by atoms with Crippen LogP contribution in [0.5, 0.6) is 0 Å². The highest BCUT2D eigenvalue weighted by Crippen LogP contribution is 2.29. The van der Waals surface area contributed by atoms with Crippen molar-refractivity contribution in [3.8, 4) is 0 Å². The molecule has 0 saturated carbocycles. The van der Waals surface area contributed by atoms with Crippen LogP contribution in [0, 0.1) is 0 Å². The number of nitrogens with zero attached hydrogens (tertiary/aromatic N) is 1. The van der Waals surface area contributed by atoms with Gasteiger partial charge in [0.05, 0.1) is 24.1 Å². The molecule has 158 valence electrons. The third-order valence-corrected chi connectivity index (χ3v) is 4.39. The van der Waals surface area contributed by atoms with E-state index in [0.29, 0.717) is 30.3 Å². The maximum Gasteiger partial charge on any atom is 0.416 e. The molecule has 0 unspecified atom stereocenters. The van der Waals surface area contributed by atoms with Gasteiger partial charge in [-0.25, -0.2) is 13.4 Å². The van der Waals surface area contributed by atoms with E-state index in [0.717, 1.165) is 24.0 Å². The van der Waals surface area contributed by atoms with Gasteiger partial charge in [-0.15, -0.1) is 0 Å². The first-order chi connectivity index (χ1) is 13.6. The molecular formula is C19H23F3N4O2S. The molecule has 0 fully saturated rings. The molecule has 0 bridgehead atoms. The predicted molar refractivity (Wildman–Crippen MR) is 108 cm³/mol. The first-order valence-corrected chi connectivity index (χ1v) is 10.7. The third-order valence-electron chi connectivity index (χ3n) is 3.80. The second-order valence-electron chi connectivity index (χ2n) is 6.27. The summed E-state index contributed by atoms with van der Waals surface area (Å²) in [6.07, 6.45) is -3.29. The Kier molecular flexibility index (Phi) is 7.49. The van der Waals surface area contributed by atoms with Gasteiger partial charge in [0, 0.05) is 13.1 Å². The normalized spacial score (nSPS) is 12.5. The van der Waals surface area contributed by atoms with Crippen molar-refractivity contribution in [3.63, 3.8) is 0 Å². The standard InChI is InChI=1S/C19H23F3N4O2S/c1-3-23-18(24-12-14-8-10-16(11-9-14)19(20,21)22)25-13-15-6-4-5-7-17(15)26-29(2,27)28/h4-11,26H,3,12-13H2,1-2H3,(H2,23,24,25). The van der Waals surface area contributed by atoms with Crippen molar-refractivity contribution < 1.29 is 21.6 Å². The summed E-state index contributed by atoms with van der Waals surface area (Å²) in [6, 6.07) is 11.8. The maximum atomic E-state index is 12.6. The average Bonchev–Trinajstić information content (AvgIpc) is 2.63. The second kappa shape index (κ2) is 9.64. The Balaban J connectivity index is 2.07. The number of alkyl halides is 3. The minimum atomic E-state index is -4.37. The number of guanidine groups is 1. The first-order valence-electron chi connectivity index (χ1n) is 8.82. The molecule has 0 amide bonds. The van der Waals surface area contributed by atoms with Crippen molar-refractivity contribution in [2.75, 3.05) is 17.5 Å². The van der Waals surface area contributed by atoms with Crippen LogP contribution >= 0.6 is 0 Å². The number of sulfonamides is 1. The van der Waals surface area contributed by atoms with Crippen LogP contribution in [0.4, 0.5) is 18.9 Å². The fourth-order valence-corrected chi connectivity index (χ4v) is 3.06. The number of para-hydroxylation sites is 1. The molecule has 0 radical (unpaired) electrons. The van der Waals surface area contributed by atoms with Crippen molar-refractivity contribution in [2.45, 2.75) is 26.2 Å². The molecule has 0 heterocycles. The molecule has 2 aromatic carbocycles. The predicted octanol–water partition coefficient (Wildman–Crippen LogP) is 3.33. The molecule has 0 aromatic heterocycles. The highest BCUT2D eigenvalue weighted by molar-refractivity contribution is 7.92. The Morgan fingerprint density at radius 3 is 2.28 bits per heavy atom. The number of anilines is 1. The highest BCUT2D eigenvalue weighted by atomic mass is 32.2. The topological polar surface area (TPSA) is 82.6 Å². The lowest BCUT2D eigenvalue weighted by Crippen LogP contribution is -2.37. The van der Waals surface area contributed by atoms with Crippen LogP contribution in [0.1, 0.15) is 23.6 Å². The summed E-state index contributed by atoms with van der Waals surface area (Å²) < 4.78 is 63.4. The van der Waals surface area contributed by atoms with Crippen LogP contribution in [0.3, 0.4) is 0 Å². The van der Waals surface area contributed by atoms with E-state index in [9.17, 15) is 21.6 Å². The smallest absolute Gasteiger partial charge is 0.357 e. The number of aliphatic imine (C=N–C) groups is 1. The van der Waals surface area contributed by atoms with Gasteiger partial charge in [0.15, 0.2) is 5.96 Å². The van der Waals surface area contributed by atoms with Crippen molar-refractivity contribution in [3.05, 3.63) is 65.2 Å². The van der Waals surface area contributed by atoms with Gasteiger partial charge in [-0.3, -0.25) is 4.72 Å². The summed E-state index contributed by atoms with van der Waals surface area (Å²) in [7, 11) is -3.41. The van der Waals surface area contributed by atoms with Crippen LogP contribution in [0.25, 0.3) is 0 Å². The summed E-state index contributed by atoms with van der Waals surface area (Å²) in [6.45, 7) is 2.96. The van der Waals surface area contributed by atoms with E-state index in [1.54, 1.807) is 24.3 Å². The van der Waals surface area contributed by atoms with Gasteiger partial charge < -0.3 is 10.6 Å². The van der Waals surface area contributed by atoms with Gasteiger partial charge in [0.25, 0.3) is 0 Å². The number of rotatable bonds is 7. The zero-order chi connectivity index (χ0) is 21.5. The van der Waals surface area contributed by atoms with E-state index in [1.807, 2.05) is 6.92 Å². The number of halogens is 3. The quantitative estimate of drug-likeness (QED) is 0.467. The van der Waals surface area contributed by atoms with Gasteiger partial charge in [-0.1, -0.05) is 30.3 Å². The molecule has 0 aliphatic carbocycles. The van der Waals surface area contributed by atoms with Crippen molar-refractivity contribution in [1.29, 1.82) is 0 Å². The lowest BCUT2D eigenvalue weighted by Gasteiger charge is -2.14. The fourth-order valence-electron chi connectivity index (χ4n) is 2.46. The molecule has 2 rings (SSSR count). The highest BCUT2D eigenvalue weighted by Gasteiger charge is 2.29. The Morgan fingerprint density at radius 1 is 1.03 bits per heavy atom. The monoisotopic (exact) mass is 428 g/mol. The molecule has 0 aliphatic rings. The summed E-state index contributed by atoms with van der Waals surface area (Å²) in [5.74, 6) is 0.460.